The molecule has 6 nitrogen and oxygen atoms in total. The first kappa shape index (κ1) is 19.2. The maximum absolute atomic E-state index is 6.41. The van der Waals surface area contributed by atoms with E-state index in [0.717, 1.165) is 35.3 Å². The molecule has 1 aliphatic rings. The Hall–Kier alpha value is -2.12. The topological polar surface area (TPSA) is 62.3 Å². The van der Waals surface area contributed by atoms with Crippen LogP contribution in [-0.4, -0.2) is 28.0 Å². The van der Waals surface area contributed by atoms with Crippen molar-refractivity contribution in [3.63, 3.8) is 0 Å². The number of hydrogen-bond donors (Lipinski definition) is 0. The number of ether oxygens (including phenoxy) is 2. The monoisotopic (exact) mass is 419 g/mol. The van der Waals surface area contributed by atoms with Crippen LogP contribution in [0.3, 0.4) is 0 Å². The summed E-state index contributed by atoms with van der Waals surface area (Å²) in [5.74, 6) is 3.97. The van der Waals surface area contributed by atoms with E-state index in [2.05, 4.69) is 28.6 Å². The number of fused-ring (bicyclic) bond motifs is 1. The predicted octanol–water partition coefficient (Wildman–Crippen LogP) is 5.30. The summed E-state index contributed by atoms with van der Waals surface area (Å²) in [4.78, 5) is 0. The van der Waals surface area contributed by atoms with E-state index in [1.54, 1.807) is 18.0 Å². The number of thioether (sulfide) groups is 1. The van der Waals surface area contributed by atoms with Gasteiger partial charge in [0.15, 0.2) is 28.2 Å². The lowest BCUT2D eigenvalue weighted by Gasteiger charge is -2.13. The molecule has 148 valence electrons. The van der Waals surface area contributed by atoms with Crippen molar-refractivity contribution >= 4 is 23.4 Å². The SMILES string of the molecule is CC(C)Cn1c(SCc2cc(Cl)c3c(c2)OCCCO3)nnc1-c1ccco1. The molecule has 0 aliphatic carbocycles. The third-order valence-electron chi connectivity index (χ3n) is 4.24. The summed E-state index contributed by atoms with van der Waals surface area (Å²) in [5.41, 5.74) is 1.05. The van der Waals surface area contributed by atoms with Gasteiger partial charge in [0.25, 0.3) is 0 Å². The Balaban J connectivity index is 1.57. The molecule has 1 aromatic carbocycles. The van der Waals surface area contributed by atoms with Crippen molar-refractivity contribution in [1.29, 1.82) is 0 Å². The van der Waals surface area contributed by atoms with Crippen LogP contribution in [0, 0.1) is 5.92 Å². The molecule has 3 aromatic rings. The van der Waals surface area contributed by atoms with Crippen molar-refractivity contribution in [3.8, 4) is 23.1 Å². The Morgan fingerprint density at radius 2 is 2.07 bits per heavy atom. The quantitative estimate of drug-likeness (QED) is 0.505. The van der Waals surface area contributed by atoms with E-state index in [1.165, 1.54) is 0 Å². The van der Waals surface area contributed by atoms with Crippen molar-refractivity contribution in [1.82, 2.24) is 14.8 Å². The second kappa shape index (κ2) is 8.49. The fourth-order valence-electron chi connectivity index (χ4n) is 3.03. The number of halogens is 1. The normalized spacial score (nSPS) is 13.7. The van der Waals surface area contributed by atoms with Crippen LogP contribution in [-0.2, 0) is 12.3 Å². The molecule has 3 heterocycles. The Kier molecular flexibility index (Phi) is 5.82. The summed E-state index contributed by atoms with van der Waals surface area (Å²) in [6.07, 6.45) is 2.50. The maximum Gasteiger partial charge on any atom is 0.200 e. The number of aromatic nitrogens is 3. The van der Waals surface area contributed by atoms with Gasteiger partial charge in [-0.3, -0.25) is 4.57 Å². The van der Waals surface area contributed by atoms with Gasteiger partial charge in [0.05, 0.1) is 24.5 Å². The van der Waals surface area contributed by atoms with Crippen molar-refractivity contribution in [3.05, 3.63) is 41.1 Å². The molecular weight excluding hydrogens is 398 g/mol. The molecule has 0 amide bonds. The van der Waals surface area contributed by atoms with Crippen molar-refractivity contribution in [2.24, 2.45) is 5.92 Å². The highest BCUT2D eigenvalue weighted by molar-refractivity contribution is 7.98. The van der Waals surface area contributed by atoms with Crippen LogP contribution in [0.15, 0.2) is 40.1 Å². The highest BCUT2D eigenvalue weighted by Gasteiger charge is 2.19. The smallest absolute Gasteiger partial charge is 0.200 e. The first-order chi connectivity index (χ1) is 13.6. The lowest BCUT2D eigenvalue weighted by atomic mass is 10.2. The number of benzene rings is 1. The van der Waals surface area contributed by atoms with E-state index >= 15 is 0 Å². The van der Waals surface area contributed by atoms with Gasteiger partial charge in [-0.2, -0.15) is 0 Å². The molecule has 0 saturated carbocycles. The Morgan fingerprint density at radius 3 is 2.86 bits per heavy atom. The molecular formula is C20H22ClN3O3S. The van der Waals surface area contributed by atoms with Crippen LogP contribution in [0.4, 0.5) is 0 Å². The summed E-state index contributed by atoms with van der Waals surface area (Å²) in [6.45, 7) is 6.41. The molecule has 0 spiro atoms. The van der Waals surface area contributed by atoms with Crippen LogP contribution < -0.4 is 9.47 Å². The summed E-state index contributed by atoms with van der Waals surface area (Å²) in [7, 11) is 0. The minimum atomic E-state index is 0.455. The van der Waals surface area contributed by atoms with Gasteiger partial charge in [-0.25, -0.2) is 0 Å². The van der Waals surface area contributed by atoms with Crippen LogP contribution >= 0.6 is 23.4 Å². The van der Waals surface area contributed by atoms with Crippen LogP contribution in [0.1, 0.15) is 25.8 Å². The third kappa shape index (κ3) is 4.15. The minimum Gasteiger partial charge on any atom is -0.489 e. The zero-order valence-electron chi connectivity index (χ0n) is 15.9. The zero-order valence-corrected chi connectivity index (χ0v) is 17.4. The van der Waals surface area contributed by atoms with Crippen molar-refractivity contribution in [2.45, 2.75) is 37.7 Å². The van der Waals surface area contributed by atoms with Gasteiger partial charge in [0.1, 0.15) is 0 Å². The van der Waals surface area contributed by atoms with Crippen LogP contribution in [0.25, 0.3) is 11.6 Å². The van der Waals surface area contributed by atoms with Crippen LogP contribution in [0.5, 0.6) is 11.5 Å². The average molecular weight is 420 g/mol. The maximum atomic E-state index is 6.41. The molecule has 1 aliphatic heterocycles. The van der Waals surface area contributed by atoms with Gasteiger partial charge in [-0.05, 0) is 35.7 Å². The Bertz CT molecular complexity index is 941. The standard InChI is InChI=1S/C20H22ClN3O3S/c1-13(2)11-24-19(16-5-3-6-25-16)22-23-20(24)28-12-14-9-15(21)18-17(10-14)26-7-4-8-27-18/h3,5-6,9-10,13H,4,7-8,11-12H2,1-2H3. The number of hydrogen-bond acceptors (Lipinski definition) is 6. The lowest BCUT2D eigenvalue weighted by molar-refractivity contribution is 0.297. The van der Waals surface area contributed by atoms with Crippen molar-refractivity contribution in [2.75, 3.05) is 13.2 Å². The van der Waals surface area contributed by atoms with Gasteiger partial charge in [-0.15, -0.1) is 10.2 Å². The Labute approximate surface area is 173 Å². The fourth-order valence-corrected chi connectivity index (χ4v) is 4.19. The van der Waals surface area contributed by atoms with Gasteiger partial charge in [-0.1, -0.05) is 37.2 Å². The van der Waals surface area contributed by atoms with E-state index in [-0.39, 0.29) is 0 Å². The fraction of sp³-hybridized carbons (Fsp3) is 0.400. The number of nitrogens with zero attached hydrogens (tertiary/aromatic N) is 3. The van der Waals surface area contributed by atoms with Gasteiger partial charge < -0.3 is 13.9 Å². The molecule has 4 rings (SSSR count). The van der Waals surface area contributed by atoms with E-state index < -0.39 is 0 Å². The molecule has 0 radical (unpaired) electrons. The molecule has 0 bridgehead atoms. The first-order valence-electron chi connectivity index (χ1n) is 9.29. The summed E-state index contributed by atoms with van der Waals surface area (Å²) < 4.78 is 19.1. The number of rotatable bonds is 6. The third-order valence-corrected chi connectivity index (χ3v) is 5.55. The molecule has 0 unspecified atom stereocenters. The molecule has 0 atom stereocenters. The highest BCUT2D eigenvalue weighted by atomic mass is 35.5. The average Bonchev–Trinajstić information content (AvgIpc) is 3.24. The lowest BCUT2D eigenvalue weighted by Crippen LogP contribution is -2.07. The van der Waals surface area contributed by atoms with E-state index in [9.17, 15) is 0 Å². The second-order valence-electron chi connectivity index (χ2n) is 7.03. The van der Waals surface area contributed by atoms with E-state index in [1.807, 2.05) is 24.3 Å². The second-order valence-corrected chi connectivity index (χ2v) is 8.38. The number of furan rings is 1. The van der Waals surface area contributed by atoms with Crippen LogP contribution in [0.2, 0.25) is 5.02 Å². The molecule has 0 saturated heterocycles. The molecule has 0 fully saturated rings. The minimum absolute atomic E-state index is 0.455. The van der Waals surface area contributed by atoms with Crippen molar-refractivity contribution < 1.29 is 13.9 Å². The molecule has 2 aromatic heterocycles. The molecule has 28 heavy (non-hydrogen) atoms. The Morgan fingerprint density at radius 1 is 1.21 bits per heavy atom. The predicted molar refractivity (Wildman–Crippen MR) is 109 cm³/mol. The van der Waals surface area contributed by atoms with Gasteiger partial charge in [0, 0.05) is 18.7 Å². The zero-order chi connectivity index (χ0) is 19.5. The van der Waals surface area contributed by atoms with Gasteiger partial charge in [0.2, 0.25) is 0 Å². The van der Waals surface area contributed by atoms with Gasteiger partial charge >= 0.3 is 0 Å². The molecule has 0 N–H and O–H groups in total. The molecule has 8 heteroatoms. The summed E-state index contributed by atoms with van der Waals surface area (Å²) in [6, 6.07) is 7.68. The largest absolute Gasteiger partial charge is 0.489 e. The highest BCUT2D eigenvalue weighted by Crippen LogP contribution is 2.39. The first-order valence-corrected chi connectivity index (χ1v) is 10.7. The van der Waals surface area contributed by atoms with E-state index in [0.29, 0.717) is 41.4 Å². The van der Waals surface area contributed by atoms with E-state index in [4.69, 9.17) is 25.5 Å². The summed E-state index contributed by atoms with van der Waals surface area (Å²) >= 11 is 8.03. The summed E-state index contributed by atoms with van der Waals surface area (Å²) in [5, 5.41) is 10.2.